The number of hydrogen-bond acceptors (Lipinski definition) is 3. The number of hydrogen-bond donors (Lipinski definition) is 2. The fourth-order valence-corrected chi connectivity index (χ4v) is 4.23. The molecule has 0 radical (unpaired) electrons. The summed E-state index contributed by atoms with van der Waals surface area (Å²) in [6, 6.07) is 8.31. The molecule has 1 aliphatic carbocycles. The molecule has 1 aliphatic rings. The molecule has 0 amide bonds. The van der Waals surface area contributed by atoms with Gasteiger partial charge in [0.05, 0.1) is 18.8 Å². The minimum Gasteiger partial charge on any atom is -0.352 e. The molecule has 0 atom stereocenters. The molecule has 0 spiro atoms. The molecule has 0 bridgehead atoms. The molecular weight excluding hydrogens is 443 g/mol. The second-order valence-electron chi connectivity index (χ2n) is 7.10. The van der Waals surface area contributed by atoms with Gasteiger partial charge in [0.1, 0.15) is 0 Å². The summed E-state index contributed by atoms with van der Waals surface area (Å²) in [7, 11) is 1.80. The highest BCUT2D eigenvalue weighted by atomic mass is 127. The number of thiophene rings is 1. The first-order valence-electron chi connectivity index (χ1n) is 8.51. The number of aromatic nitrogens is 1. The van der Waals surface area contributed by atoms with E-state index < -0.39 is 0 Å². The van der Waals surface area contributed by atoms with Crippen molar-refractivity contribution in [3.8, 4) is 0 Å². The SMILES string of the molecule is CN=C(NCc1ccccn1)NCc1cc2c(s1)CCC(C)(C)C2.I. The largest absolute Gasteiger partial charge is 0.352 e. The van der Waals surface area contributed by atoms with Gasteiger partial charge in [-0.15, -0.1) is 35.3 Å². The van der Waals surface area contributed by atoms with Crippen LogP contribution in [-0.4, -0.2) is 18.0 Å². The Kier molecular flexibility index (Phi) is 7.25. The van der Waals surface area contributed by atoms with E-state index in [9.17, 15) is 0 Å². The molecule has 3 rings (SSSR count). The lowest BCUT2D eigenvalue weighted by atomic mass is 9.77. The van der Waals surface area contributed by atoms with Crippen molar-refractivity contribution in [3.05, 3.63) is 51.5 Å². The Balaban J connectivity index is 0.00000225. The third-order valence-electron chi connectivity index (χ3n) is 4.46. The number of fused-ring (bicyclic) bond motifs is 1. The topological polar surface area (TPSA) is 49.3 Å². The Labute approximate surface area is 171 Å². The van der Waals surface area contributed by atoms with Crippen LogP contribution in [0.4, 0.5) is 0 Å². The van der Waals surface area contributed by atoms with Crippen LogP contribution < -0.4 is 10.6 Å². The molecule has 0 aliphatic heterocycles. The van der Waals surface area contributed by atoms with Gasteiger partial charge >= 0.3 is 0 Å². The Hall–Kier alpha value is -1.15. The van der Waals surface area contributed by atoms with Gasteiger partial charge in [-0.05, 0) is 48.4 Å². The van der Waals surface area contributed by atoms with Gasteiger partial charge in [-0.25, -0.2) is 0 Å². The Bertz CT molecular complexity index is 709. The van der Waals surface area contributed by atoms with Gasteiger partial charge in [0.15, 0.2) is 5.96 Å². The van der Waals surface area contributed by atoms with Gasteiger partial charge in [0.2, 0.25) is 0 Å². The summed E-state index contributed by atoms with van der Waals surface area (Å²) in [5, 5.41) is 6.72. The van der Waals surface area contributed by atoms with E-state index in [0.29, 0.717) is 12.0 Å². The highest BCUT2D eigenvalue weighted by molar-refractivity contribution is 14.0. The first kappa shape index (κ1) is 20.2. The number of aryl methyl sites for hydroxylation is 1. The molecule has 6 heteroatoms. The van der Waals surface area contributed by atoms with E-state index in [4.69, 9.17) is 0 Å². The van der Waals surface area contributed by atoms with Gasteiger partial charge in [-0.1, -0.05) is 19.9 Å². The lowest BCUT2D eigenvalue weighted by Gasteiger charge is -2.29. The molecule has 0 fully saturated rings. The van der Waals surface area contributed by atoms with E-state index in [1.165, 1.54) is 24.1 Å². The average molecular weight is 470 g/mol. The summed E-state index contributed by atoms with van der Waals surface area (Å²) in [5.41, 5.74) is 3.00. The van der Waals surface area contributed by atoms with Crippen molar-refractivity contribution in [2.45, 2.75) is 46.2 Å². The maximum atomic E-state index is 4.32. The lowest BCUT2D eigenvalue weighted by Crippen LogP contribution is -2.36. The summed E-state index contributed by atoms with van der Waals surface area (Å²) >= 11 is 1.95. The number of guanidine groups is 1. The number of rotatable bonds is 4. The quantitative estimate of drug-likeness (QED) is 0.401. The molecule has 0 saturated carbocycles. The van der Waals surface area contributed by atoms with Crippen LogP contribution in [-0.2, 0) is 25.9 Å². The highest BCUT2D eigenvalue weighted by Crippen LogP contribution is 2.38. The highest BCUT2D eigenvalue weighted by Gasteiger charge is 2.26. The molecule has 25 heavy (non-hydrogen) atoms. The van der Waals surface area contributed by atoms with Crippen molar-refractivity contribution in [1.82, 2.24) is 15.6 Å². The molecule has 4 nitrogen and oxygen atoms in total. The lowest BCUT2D eigenvalue weighted by molar-refractivity contribution is 0.318. The zero-order valence-corrected chi connectivity index (χ0v) is 18.3. The van der Waals surface area contributed by atoms with Crippen LogP contribution in [0.1, 0.15) is 41.3 Å². The maximum Gasteiger partial charge on any atom is 0.191 e. The predicted molar refractivity (Wildman–Crippen MR) is 117 cm³/mol. The van der Waals surface area contributed by atoms with Gasteiger partial charge in [0, 0.05) is 23.0 Å². The van der Waals surface area contributed by atoms with E-state index in [0.717, 1.165) is 18.2 Å². The molecule has 2 N–H and O–H groups in total. The van der Waals surface area contributed by atoms with Crippen LogP contribution in [0.25, 0.3) is 0 Å². The van der Waals surface area contributed by atoms with Crippen molar-refractivity contribution in [2.75, 3.05) is 7.05 Å². The Morgan fingerprint density at radius 1 is 1.28 bits per heavy atom. The summed E-state index contributed by atoms with van der Waals surface area (Å²) in [4.78, 5) is 11.6. The number of nitrogens with one attached hydrogen (secondary N) is 2. The predicted octanol–water partition coefficient (Wildman–Crippen LogP) is 4.14. The third-order valence-corrected chi connectivity index (χ3v) is 5.70. The number of halogens is 1. The van der Waals surface area contributed by atoms with Crippen LogP contribution in [0.15, 0.2) is 35.5 Å². The van der Waals surface area contributed by atoms with Gasteiger partial charge in [0.25, 0.3) is 0 Å². The fourth-order valence-electron chi connectivity index (χ4n) is 3.10. The summed E-state index contributed by atoms with van der Waals surface area (Å²) in [6.07, 6.45) is 5.52. The smallest absolute Gasteiger partial charge is 0.191 e. The van der Waals surface area contributed by atoms with Crippen molar-refractivity contribution >= 4 is 41.3 Å². The molecule has 2 heterocycles. The molecule has 0 saturated heterocycles. The minimum atomic E-state index is 0. The molecule has 2 aromatic heterocycles. The van der Waals surface area contributed by atoms with E-state index in [1.807, 2.05) is 35.7 Å². The normalized spacial score (nSPS) is 15.9. The fraction of sp³-hybridized carbons (Fsp3) is 0.474. The maximum absolute atomic E-state index is 4.32. The summed E-state index contributed by atoms with van der Waals surface area (Å²) in [5.74, 6) is 0.812. The van der Waals surface area contributed by atoms with Crippen molar-refractivity contribution in [3.63, 3.8) is 0 Å². The first-order valence-corrected chi connectivity index (χ1v) is 9.32. The van der Waals surface area contributed by atoms with Gasteiger partial charge in [-0.3, -0.25) is 9.98 Å². The van der Waals surface area contributed by atoms with Crippen LogP contribution in [0.5, 0.6) is 0 Å². The average Bonchev–Trinajstić information content (AvgIpc) is 2.96. The van der Waals surface area contributed by atoms with Gasteiger partial charge in [-0.2, -0.15) is 0 Å². The molecule has 0 unspecified atom stereocenters. The minimum absolute atomic E-state index is 0. The third kappa shape index (κ3) is 5.67. The zero-order chi connectivity index (χ0) is 17.0. The first-order chi connectivity index (χ1) is 11.6. The summed E-state index contributed by atoms with van der Waals surface area (Å²) < 4.78 is 0. The molecule has 0 aromatic carbocycles. The van der Waals surface area contributed by atoms with E-state index in [-0.39, 0.29) is 24.0 Å². The van der Waals surface area contributed by atoms with Crippen LogP contribution in [0, 0.1) is 5.41 Å². The second-order valence-corrected chi connectivity index (χ2v) is 8.32. The zero-order valence-electron chi connectivity index (χ0n) is 15.1. The van der Waals surface area contributed by atoms with Crippen LogP contribution in [0.3, 0.4) is 0 Å². The van der Waals surface area contributed by atoms with Gasteiger partial charge < -0.3 is 10.6 Å². The number of aliphatic imine (C=N–C) groups is 1. The van der Waals surface area contributed by atoms with Crippen LogP contribution >= 0.6 is 35.3 Å². The number of pyridine rings is 1. The monoisotopic (exact) mass is 470 g/mol. The van der Waals surface area contributed by atoms with Crippen molar-refractivity contribution in [2.24, 2.45) is 10.4 Å². The second kappa shape index (κ2) is 8.98. The molecule has 2 aromatic rings. The van der Waals surface area contributed by atoms with E-state index in [2.05, 4.69) is 40.5 Å². The van der Waals surface area contributed by atoms with Crippen molar-refractivity contribution in [1.29, 1.82) is 0 Å². The van der Waals surface area contributed by atoms with Crippen molar-refractivity contribution < 1.29 is 0 Å². The standard InChI is InChI=1S/C19H26N4S.HI/c1-19(2)8-7-17-14(11-19)10-16(24-17)13-23-18(20-3)22-12-15-6-4-5-9-21-15;/h4-6,9-10H,7-8,11-13H2,1-3H3,(H2,20,22,23);1H. The summed E-state index contributed by atoms with van der Waals surface area (Å²) in [6.45, 7) is 6.24. The number of nitrogens with zero attached hydrogens (tertiary/aromatic N) is 2. The van der Waals surface area contributed by atoms with Crippen LogP contribution in [0.2, 0.25) is 0 Å². The molecule has 136 valence electrons. The Morgan fingerprint density at radius 2 is 2.08 bits per heavy atom. The molecular formula is C19H27IN4S. The van der Waals surface area contributed by atoms with E-state index >= 15 is 0 Å². The van der Waals surface area contributed by atoms with E-state index in [1.54, 1.807) is 17.5 Å². The Morgan fingerprint density at radius 3 is 2.80 bits per heavy atom.